The minimum Gasteiger partial charge on any atom is -0.313 e. The lowest BCUT2D eigenvalue weighted by atomic mass is 10.1. The minimum atomic E-state index is -0.263. The predicted molar refractivity (Wildman–Crippen MR) is 64.9 cm³/mol. The molecule has 0 saturated carbocycles. The van der Waals surface area contributed by atoms with Crippen LogP contribution in [0.3, 0.4) is 0 Å². The molecule has 0 amide bonds. The number of benzene rings is 1. The molecular formula is C13H14FN3. The molecule has 1 N–H and O–H groups in total. The molecule has 0 radical (unpaired) electrons. The normalized spacial score (nSPS) is 10.5. The molecule has 0 atom stereocenters. The molecule has 0 aliphatic rings. The summed E-state index contributed by atoms with van der Waals surface area (Å²) < 4.78 is 13.6. The van der Waals surface area contributed by atoms with Crippen molar-refractivity contribution in [1.82, 2.24) is 15.3 Å². The van der Waals surface area contributed by atoms with Gasteiger partial charge in [0.25, 0.3) is 0 Å². The molecule has 3 nitrogen and oxygen atoms in total. The van der Waals surface area contributed by atoms with Gasteiger partial charge in [0.2, 0.25) is 0 Å². The molecule has 4 heteroatoms. The minimum absolute atomic E-state index is 0.263. The van der Waals surface area contributed by atoms with Crippen molar-refractivity contribution in [2.45, 2.75) is 13.5 Å². The van der Waals surface area contributed by atoms with Gasteiger partial charge < -0.3 is 5.32 Å². The van der Waals surface area contributed by atoms with E-state index in [0.29, 0.717) is 23.6 Å². The van der Waals surface area contributed by atoms with Crippen LogP contribution in [0.2, 0.25) is 0 Å². The van der Waals surface area contributed by atoms with E-state index in [1.807, 2.05) is 14.0 Å². The Labute approximate surface area is 99.7 Å². The standard InChI is InChI=1S/C13H14FN3/c1-9-7-12(17-13(16-9)8-15-2)10-5-3-4-6-11(10)14/h3-7,15H,8H2,1-2H3. The molecule has 1 aromatic heterocycles. The van der Waals surface area contributed by atoms with Gasteiger partial charge in [-0.2, -0.15) is 0 Å². The van der Waals surface area contributed by atoms with Crippen molar-refractivity contribution in [3.63, 3.8) is 0 Å². The van der Waals surface area contributed by atoms with E-state index in [2.05, 4.69) is 15.3 Å². The van der Waals surface area contributed by atoms with Gasteiger partial charge in [0.05, 0.1) is 12.2 Å². The Hall–Kier alpha value is -1.81. The zero-order chi connectivity index (χ0) is 12.3. The Bertz CT molecular complexity index is 526. The summed E-state index contributed by atoms with van der Waals surface area (Å²) in [5, 5.41) is 2.99. The van der Waals surface area contributed by atoms with Crippen LogP contribution in [0.1, 0.15) is 11.5 Å². The van der Waals surface area contributed by atoms with Crippen LogP contribution in [-0.4, -0.2) is 17.0 Å². The summed E-state index contributed by atoms with van der Waals surface area (Å²) in [7, 11) is 1.83. The highest BCUT2D eigenvalue weighted by Gasteiger charge is 2.08. The molecular weight excluding hydrogens is 217 g/mol. The fourth-order valence-electron chi connectivity index (χ4n) is 1.67. The lowest BCUT2D eigenvalue weighted by Gasteiger charge is -2.06. The van der Waals surface area contributed by atoms with E-state index >= 15 is 0 Å². The summed E-state index contributed by atoms with van der Waals surface area (Å²) in [5.41, 5.74) is 1.97. The summed E-state index contributed by atoms with van der Waals surface area (Å²) >= 11 is 0. The molecule has 17 heavy (non-hydrogen) atoms. The average molecular weight is 231 g/mol. The lowest BCUT2D eigenvalue weighted by Crippen LogP contribution is -2.10. The third kappa shape index (κ3) is 2.65. The number of nitrogens with one attached hydrogen (secondary N) is 1. The number of hydrogen-bond acceptors (Lipinski definition) is 3. The Morgan fingerprint density at radius 2 is 2.00 bits per heavy atom. The summed E-state index contributed by atoms with van der Waals surface area (Å²) in [6, 6.07) is 8.41. The van der Waals surface area contributed by atoms with E-state index in [1.165, 1.54) is 6.07 Å². The fraction of sp³-hybridized carbons (Fsp3) is 0.231. The SMILES string of the molecule is CNCc1nc(C)cc(-c2ccccc2F)n1. The third-order valence-corrected chi connectivity index (χ3v) is 2.39. The second-order valence-electron chi connectivity index (χ2n) is 3.82. The van der Waals surface area contributed by atoms with E-state index in [-0.39, 0.29) is 5.82 Å². The monoisotopic (exact) mass is 231 g/mol. The van der Waals surface area contributed by atoms with E-state index in [0.717, 1.165) is 5.69 Å². The first-order valence-electron chi connectivity index (χ1n) is 5.45. The summed E-state index contributed by atoms with van der Waals surface area (Å²) in [6.07, 6.45) is 0. The van der Waals surface area contributed by atoms with Crippen LogP contribution in [0, 0.1) is 12.7 Å². The van der Waals surface area contributed by atoms with E-state index < -0.39 is 0 Å². The van der Waals surface area contributed by atoms with Gasteiger partial charge >= 0.3 is 0 Å². The highest BCUT2D eigenvalue weighted by atomic mass is 19.1. The molecule has 2 rings (SSSR count). The van der Waals surface area contributed by atoms with Crippen LogP contribution in [0.25, 0.3) is 11.3 Å². The van der Waals surface area contributed by atoms with Crippen LogP contribution in [0.5, 0.6) is 0 Å². The first kappa shape index (κ1) is 11.7. The molecule has 0 saturated heterocycles. The zero-order valence-corrected chi connectivity index (χ0v) is 9.87. The van der Waals surface area contributed by atoms with Crippen molar-refractivity contribution in [3.8, 4) is 11.3 Å². The Morgan fingerprint density at radius 3 is 2.71 bits per heavy atom. The van der Waals surface area contributed by atoms with E-state index in [1.54, 1.807) is 24.3 Å². The molecule has 1 aromatic carbocycles. The maximum absolute atomic E-state index is 13.6. The van der Waals surface area contributed by atoms with Crippen LogP contribution < -0.4 is 5.32 Å². The fourth-order valence-corrected chi connectivity index (χ4v) is 1.67. The smallest absolute Gasteiger partial charge is 0.143 e. The van der Waals surface area contributed by atoms with Crippen molar-refractivity contribution >= 4 is 0 Å². The average Bonchev–Trinajstić information content (AvgIpc) is 2.29. The molecule has 0 aliphatic carbocycles. The second kappa shape index (κ2) is 5.01. The number of rotatable bonds is 3. The zero-order valence-electron chi connectivity index (χ0n) is 9.87. The molecule has 0 unspecified atom stereocenters. The summed E-state index contributed by atoms with van der Waals surface area (Å²) in [4.78, 5) is 8.62. The van der Waals surface area contributed by atoms with Crippen molar-refractivity contribution in [3.05, 3.63) is 47.7 Å². The maximum atomic E-state index is 13.6. The Kier molecular flexibility index (Phi) is 3.44. The van der Waals surface area contributed by atoms with Gasteiger partial charge in [0.15, 0.2) is 0 Å². The van der Waals surface area contributed by atoms with Crippen LogP contribution in [-0.2, 0) is 6.54 Å². The Morgan fingerprint density at radius 1 is 1.24 bits per heavy atom. The highest BCUT2D eigenvalue weighted by Crippen LogP contribution is 2.20. The second-order valence-corrected chi connectivity index (χ2v) is 3.82. The lowest BCUT2D eigenvalue weighted by molar-refractivity contribution is 0.630. The molecule has 0 bridgehead atoms. The van der Waals surface area contributed by atoms with Gasteiger partial charge in [0, 0.05) is 11.3 Å². The van der Waals surface area contributed by atoms with E-state index in [4.69, 9.17) is 0 Å². The van der Waals surface area contributed by atoms with Gasteiger partial charge in [0.1, 0.15) is 11.6 Å². The van der Waals surface area contributed by atoms with Gasteiger partial charge in [-0.15, -0.1) is 0 Å². The topological polar surface area (TPSA) is 37.8 Å². The van der Waals surface area contributed by atoms with Gasteiger partial charge in [-0.05, 0) is 32.2 Å². The first-order valence-corrected chi connectivity index (χ1v) is 5.45. The van der Waals surface area contributed by atoms with Crippen LogP contribution >= 0.6 is 0 Å². The van der Waals surface area contributed by atoms with E-state index in [9.17, 15) is 4.39 Å². The Balaban J connectivity index is 2.48. The molecule has 1 heterocycles. The predicted octanol–water partition coefficient (Wildman–Crippen LogP) is 2.31. The van der Waals surface area contributed by atoms with Crippen molar-refractivity contribution in [1.29, 1.82) is 0 Å². The molecule has 0 fully saturated rings. The van der Waals surface area contributed by atoms with Gasteiger partial charge in [-0.1, -0.05) is 12.1 Å². The quantitative estimate of drug-likeness (QED) is 0.880. The number of nitrogens with zero attached hydrogens (tertiary/aromatic N) is 2. The van der Waals surface area contributed by atoms with Crippen LogP contribution in [0.15, 0.2) is 30.3 Å². The first-order chi connectivity index (χ1) is 8.20. The van der Waals surface area contributed by atoms with Crippen molar-refractivity contribution in [2.24, 2.45) is 0 Å². The van der Waals surface area contributed by atoms with Gasteiger partial charge in [-0.25, -0.2) is 14.4 Å². The summed E-state index contributed by atoms with van der Waals surface area (Å²) in [6.45, 7) is 2.45. The molecule has 0 spiro atoms. The molecule has 88 valence electrons. The number of halogens is 1. The summed E-state index contributed by atoms with van der Waals surface area (Å²) in [5.74, 6) is 0.409. The van der Waals surface area contributed by atoms with Crippen LogP contribution in [0.4, 0.5) is 4.39 Å². The van der Waals surface area contributed by atoms with Crippen molar-refractivity contribution < 1.29 is 4.39 Å². The number of aryl methyl sites for hydroxylation is 1. The third-order valence-electron chi connectivity index (χ3n) is 2.39. The number of aromatic nitrogens is 2. The van der Waals surface area contributed by atoms with Crippen molar-refractivity contribution in [2.75, 3.05) is 7.05 Å². The maximum Gasteiger partial charge on any atom is 0.143 e. The van der Waals surface area contributed by atoms with Gasteiger partial charge in [-0.3, -0.25) is 0 Å². The highest BCUT2D eigenvalue weighted by molar-refractivity contribution is 5.59. The largest absolute Gasteiger partial charge is 0.313 e. The molecule has 2 aromatic rings. The number of hydrogen-bond donors (Lipinski definition) is 1. The molecule has 0 aliphatic heterocycles.